The molecule has 6 heavy (non-hydrogen) atoms. The molecule has 0 N–H and O–H groups in total. The van der Waals surface area contributed by atoms with Gasteiger partial charge in [0, 0.05) is 0 Å². The Labute approximate surface area is 44.4 Å². The molecule has 3 heteroatoms. The predicted molar refractivity (Wildman–Crippen MR) is 28.8 cm³/mol. The van der Waals surface area contributed by atoms with Crippen LogP contribution in [0, 0.1) is 0 Å². The Morgan fingerprint density at radius 1 is 1.67 bits per heavy atom. The van der Waals surface area contributed by atoms with Gasteiger partial charge in [-0.15, -0.1) is 11.1 Å². The monoisotopic (exact) mass is 123 g/mol. The van der Waals surface area contributed by atoms with Gasteiger partial charge < -0.3 is 0 Å². The van der Waals surface area contributed by atoms with Crippen molar-refractivity contribution >= 4 is 19.4 Å². The van der Waals surface area contributed by atoms with Crippen LogP contribution in [0.15, 0.2) is 0 Å². The predicted octanol–water partition coefficient (Wildman–Crippen LogP) is 1.29. The van der Waals surface area contributed by atoms with E-state index in [2.05, 4.69) is 0 Å². The van der Waals surface area contributed by atoms with E-state index < -0.39 is 8.35 Å². The van der Waals surface area contributed by atoms with Gasteiger partial charge >= 0.3 is 8.35 Å². The summed E-state index contributed by atoms with van der Waals surface area (Å²) in [5.74, 6) is 0. The van der Waals surface area contributed by atoms with Gasteiger partial charge in [-0.05, 0) is 5.54 Å². The number of hydrogen-bond donors (Lipinski definition) is 0. The fourth-order valence-electron chi connectivity index (χ4n) is 0. The molecule has 0 aliphatic heterocycles. The van der Waals surface area contributed by atoms with Crippen LogP contribution in [0.4, 0.5) is 0 Å². The maximum atomic E-state index is 10.1. The van der Waals surface area contributed by atoms with Crippen molar-refractivity contribution in [2.24, 2.45) is 0 Å². The minimum Gasteiger partial charge on any atom is -0.281 e. The molecule has 0 aliphatic rings. The molecule has 0 spiro atoms. The lowest BCUT2D eigenvalue weighted by atomic mass is 10.6. The third-order valence-corrected chi connectivity index (χ3v) is 3.08. The Hall–Kier alpha value is 0.467. The van der Waals surface area contributed by atoms with Crippen LogP contribution in [-0.2, 0) is 4.80 Å². The lowest BCUT2D eigenvalue weighted by Gasteiger charge is -1.96. The molecule has 37 valence electrons. The smallest absolute Gasteiger partial charge is 0.281 e. The van der Waals surface area contributed by atoms with Gasteiger partial charge in [0.15, 0.2) is 0 Å². The van der Waals surface area contributed by atoms with Crippen molar-refractivity contribution in [3.63, 3.8) is 0 Å². The Morgan fingerprint density at radius 3 is 1.83 bits per heavy atom. The van der Waals surface area contributed by atoms with E-state index in [0.29, 0.717) is 0 Å². The number of hydrogen-bond acceptors (Lipinski definition) is 0. The molecular formula is C3H8ClOSi. The summed E-state index contributed by atoms with van der Waals surface area (Å²) in [6.07, 6.45) is 0. The average Bonchev–Trinajstić information content (AvgIpc) is 1.36. The first-order valence-electron chi connectivity index (χ1n) is 1.94. The second-order valence-electron chi connectivity index (χ2n) is 1.60. The van der Waals surface area contributed by atoms with Crippen molar-refractivity contribution < 1.29 is 4.80 Å². The minimum absolute atomic E-state index is 0.201. The molecule has 1 unspecified atom stereocenters. The Morgan fingerprint density at radius 2 is 1.83 bits per heavy atom. The van der Waals surface area contributed by atoms with Gasteiger partial charge in [0.25, 0.3) is 0 Å². The van der Waals surface area contributed by atoms with E-state index in [9.17, 15) is 4.80 Å². The van der Waals surface area contributed by atoms with E-state index in [0.717, 1.165) is 0 Å². The van der Waals surface area contributed by atoms with Crippen LogP contribution in [-0.4, -0.2) is 8.35 Å². The van der Waals surface area contributed by atoms with Gasteiger partial charge in [0.1, 0.15) is 0 Å². The highest BCUT2D eigenvalue weighted by molar-refractivity contribution is 7.02. The summed E-state index contributed by atoms with van der Waals surface area (Å²) in [5, 5.41) is 0. The quantitative estimate of drug-likeness (QED) is 0.370. The fraction of sp³-hybridized carbons (Fsp3) is 1.00. The molecule has 0 heterocycles. The minimum atomic E-state index is -2.02. The maximum absolute atomic E-state index is 10.1. The van der Waals surface area contributed by atoms with Gasteiger partial charge in [-0.3, -0.25) is 4.80 Å². The first-order chi connectivity index (χ1) is 2.64. The molecule has 0 aromatic rings. The van der Waals surface area contributed by atoms with E-state index in [1.54, 1.807) is 0 Å². The number of halogens is 1. The van der Waals surface area contributed by atoms with Crippen molar-refractivity contribution in [2.75, 3.05) is 0 Å². The highest BCUT2D eigenvalue weighted by Crippen LogP contribution is 2.06. The molecule has 0 bridgehead atoms. The van der Waals surface area contributed by atoms with Gasteiger partial charge in [-0.25, -0.2) is 0 Å². The largest absolute Gasteiger partial charge is 0.317 e. The zero-order valence-electron chi connectivity index (χ0n) is 3.94. The summed E-state index contributed by atoms with van der Waals surface area (Å²) in [7, 11) is -2.02. The fourth-order valence-corrected chi connectivity index (χ4v) is 0. The SMILES string of the molecule is CC(C)[SiH]([O])Cl. The Bertz CT molecular complexity index is 31.8. The van der Waals surface area contributed by atoms with Crippen LogP contribution < -0.4 is 0 Å². The first-order valence-corrected chi connectivity index (χ1v) is 4.83. The van der Waals surface area contributed by atoms with Crippen molar-refractivity contribution in [2.45, 2.75) is 19.4 Å². The van der Waals surface area contributed by atoms with Crippen molar-refractivity contribution in [3.8, 4) is 0 Å². The second kappa shape index (κ2) is 2.61. The van der Waals surface area contributed by atoms with Crippen LogP contribution in [0.2, 0.25) is 5.54 Å². The summed E-state index contributed by atoms with van der Waals surface area (Å²) >= 11 is 5.20. The molecule has 1 atom stereocenters. The molecule has 0 amide bonds. The molecule has 0 aromatic heterocycles. The average molecular weight is 124 g/mol. The summed E-state index contributed by atoms with van der Waals surface area (Å²) in [5.41, 5.74) is 0.201. The van der Waals surface area contributed by atoms with Crippen LogP contribution >= 0.6 is 11.1 Å². The van der Waals surface area contributed by atoms with E-state index in [4.69, 9.17) is 11.1 Å². The van der Waals surface area contributed by atoms with E-state index in [1.165, 1.54) is 0 Å². The third kappa shape index (κ3) is 2.69. The van der Waals surface area contributed by atoms with Gasteiger partial charge in [-0.2, -0.15) is 0 Å². The van der Waals surface area contributed by atoms with Crippen molar-refractivity contribution in [1.82, 2.24) is 0 Å². The Kier molecular flexibility index (Phi) is 2.81. The van der Waals surface area contributed by atoms with E-state index in [1.807, 2.05) is 13.8 Å². The first kappa shape index (κ1) is 6.47. The summed E-state index contributed by atoms with van der Waals surface area (Å²) < 4.78 is 0. The molecule has 0 saturated heterocycles. The highest BCUT2D eigenvalue weighted by Gasteiger charge is 2.07. The van der Waals surface area contributed by atoms with Crippen LogP contribution in [0.5, 0.6) is 0 Å². The van der Waals surface area contributed by atoms with E-state index in [-0.39, 0.29) is 5.54 Å². The standard InChI is InChI=1S/C3H8ClOSi/c1-3(2)6(4)5/h3,6H,1-2H3. The molecular weight excluding hydrogens is 116 g/mol. The van der Waals surface area contributed by atoms with Crippen molar-refractivity contribution in [1.29, 1.82) is 0 Å². The maximum Gasteiger partial charge on any atom is 0.317 e. The molecule has 0 aromatic carbocycles. The van der Waals surface area contributed by atoms with Crippen LogP contribution in [0.3, 0.4) is 0 Å². The molecule has 1 radical (unpaired) electrons. The van der Waals surface area contributed by atoms with Gasteiger partial charge in [0.2, 0.25) is 0 Å². The van der Waals surface area contributed by atoms with Gasteiger partial charge in [-0.1, -0.05) is 13.8 Å². The van der Waals surface area contributed by atoms with E-state index >= 15 is 0 Å². The van der Waals surface area contributed by atoms with Crippen molar-refractivity contribution in [3.05, 3.63) is 0 Å². The zero-order valence-corrected chi connectivity index (χ0v) is 5.85. The van der Waals surface area contributed by atoms with Gasteiger partial charge in [0.05, 0.1) is 0 Å². The third-order valence-electron chi connectivity index (χ3n) is 0.524. The highest BCUT2D eigenvalue weighted by atomic mass is 35.6. The molecule has 0 aliphatic carbocycles. The summed E-state index contributed by atoms with van der Waals surface area (Å²) in [4.78, 5) is 10.1. The van der Waals surface area contributed by atoms with Crippen LogP contribution in [0.1, 0.15) is 13.8 Å². The molecule has 1 nitrogen and oxygen atoms in total. The second-order valence-corrected chi connectivity index (χ2v) is 4.92. The molecule has 0 fully saturated rings. The number of rotatable bonds is 1. The normalized spacial score (nSPS) is 15.5. The van der Waals surface area contributed by atoms with Crippen LogP contribution in [0.25, 0.3) is 0 Å². The molecule has 0 saturated carbocycles. The lowest BCUT2D eigenvalue weighted by molar-refractivity contribution is 0.455. The molecule has 0 rings (SSSR count). The zero-order chi connectivity index (χ0) is 5.15. The topological polar surface area (TPSA) is 19.9 Å². The summed E-state index contributed by atoms with van der Waals surface area (Å²) in [6, 6.07) is 0. The lowest BCUT2D eigenvalue weighted by Crippen LogP contribution is -2.03. The Balaban J connectivity index is 2.99. The summed E-state index contributed by atoms with van der Waals surface area (Å²) in [6.45, 7) is 3.72.